The highest BCUT2D eigenvalue weighted by atomic mass is 15.0. The van der Waals surface area contributed by atoms with Crippen molar-refractivity contribution in [1.29, 1.82) is 0 Å². The summed E-state index contributed by atoms with van der Waals surface area (Å²) in [6.45, 7) is 7.12. The summed E-state index contributed by atoms with van der Waals surface area (Å²) in [6, 6.07) is 6.47. The molecule has 4 bridgehead atoms. The highest BCUT2D eigenvalue weighted by Crippen LogP contribution is 2.66. The monoisotopic (exact) mass is 284 g/mol. The smallest absolute Gasteiger partial charge is 0.0386 e. The molecule has 0 aromatic heterocycles. The predicted molar refractivity (Wildman–Crippen MR) is 89.4 cm³/mol. The second kappa shape index (κ2) is 3.97. The molecule has 0 heterocycles. The molecule has 0 saturated heterocycles. The third-order valence-corrected chi connectivity index (χ3v) is 6.31. The van der Waals surface area contributed by atoms with Crippen molar-refractivity contribution in [3.05, 3.63) is 23.8 Å². The zero-order valence-corrected chi connectivity index (χ0v) is 13.6. The van der Waals surface area contributed by atoms with Crippen LogP contribution in [0.3, 0.4) is 0 Å². The van der Waals surface area contributed by atoms with Crippen LogP contribution in [0.25, 0.3) is 0 Å². The zero-order chi connectivity index (χ0) is 14.9. The first-order chi connectivity index (χ1) is 9.79. The normalized spacial score (nSPS) is 44.0. The molecule has 4 fully saturated rings. The van der Waals surface area contributed by atoms with Gasteiger partial charge in [-0.3, -0.25) is 0 Å². The van der Waals surface area contributed by atoms with Crippen LogP contribution in [-0.4, -0.2) is 5.54 Å². The van der Waals surface area contributed by atoms with E-state index < -0.39 is 0 Å². The third-order valence-electron chi connectivity index (χ3n) is 6.31. The van der Waals surface area contributed by atoms with E-state index in [1.54, 1.807) is 0 Å². The summed E-state index contributed by atoms with van der Waals surface area (Å²) in [6.07, 6.45) is 8.34. The van der Waals surface area contributed by atoms with Crippen LogP contribution >= 0.6 is 0 Å². The van der Waals surface area contributed by atoms with Crippen molar-refractivity contribution in [2.75, 3.05) is 11.1 Å². The van der Waals surface area contributed by atoms with Gasteiger partial charge >= 0.3 is 0 Å². The Labute approximate surface area is 128 Å². The van der Waals surface area contributed by atoms with Crippen molar-refractivity contribution < 1.29 is 0 Å². The Morgan fingerprint density at radius 2 is 1.71 bits per heavy atom. The van der Waals surface area contributed by atoms with Gasteiger partial charge in [0.2, 0.25) is 0 Å². The molecular formula is C19H28N2. The fraction of sp³-hybridized carbons (Fsp3) is 0.684. The maximum atomic E-state index is 6.10. The lowest BCUT2D eigenvalue weighted by molar-refractivity contribution is -0.0972. The second-order valence-corrected chi connectivity index (χ2v) is 9.11. The van der Waals surface area contributed by atoms with E-state index in [1.807, 2.05) is 0 Å². The van der Waals surface area contributed by atoms with Crippen molar-refractivity contribution in [3.63, 3.8) is 0 Å². The molecule has 0 aliphatic heterocycles. The Morgan fingerprint density at radius 1 is 1.05 bits per heavy atom. The van der Waals surface area contributed by atoms with Crippen LogP contribution in [0.4, 0.5) is 11.4 Å². The van der Waals surface area contributed by atoms with Gasteiger partial charge in [0.25, 0.3) is 0 Å². The van der Waals surface area contributed by atoms with E-state index in [2.05, 4.69) is 44.3 Å². The summed E-state index contributed by atoms with van der Waals surface area (Å²) in [5, 5.41) is 3.92. The van der Waals surface area contributed by atoms with E-state index in [0.29, 0.717) is 16.4 Å². The maximum Gasteiger partial charge on any atom is 0.0386 e. The Kier molecular flexibility index (Phi) is 2.55. The molecule has 0 amide bonds. The Balaban J connectivity index is 1.66. The van der Waals surface area contributed by atoms with Crippen LogP contribution in [0.2, 0.25) is 0 Å². The van der Waals surface area contributed by atoms with Gasteiger partial charge in [-0.2, -0.15) is 0 Å². The maximum absolute atomic E-state index is 6.10. The van der Waals surface area contributed by atoms with Gasteiger partial charge in [0.15, 0.2) is 0 Å². The average molecular weight is 284 g/mol. The van der Waals surface area contributed by atoms with Crippen LogP contribution in [0.15, 0.2) is 18.2 Å². The standard InChI is InChI=1S/C19H28N2/c1-13-4-5-15(6-16(13)20)21-19-9-14-7-17(2,11-19)10-18(3,8-14)12-19/h4-6,14,21H,7-12,20H2,1-3H3. The van der Waals surface area contributed by atoms with Crippen molar-refractivity contribution >= 4 is 11.4 Å². The zero-order valence-electron chi connectivity index (χ0n) is 13.6. The number of nitrogens with one attached hydrogen (secondary N) is 1. The number of nitrogens with two attached hydrogens (primary N) is 1. The first-order valence-electron chi connectivity index (χ1n) is 8.43. The molecule has 5 rings (SSSR count). The fourth-order valence-electron chi connectivity index (χ4n) is 6.61. The lowest BCUT2D eigenvalue weighted by atomic mass is 9.43. The van der Waals surface area contributed by atoms with Gasteiger partial charge in [0.05, 0.1) is 0 Å². The first kappa shape index (κ1) is 13.5. The largest absolute Gasteiger partial charge is 0.398 e. The predicted octanol–water partition coefficient (Wildman–Crippen LogP) is 4.74. The lowest BCUT2D eigenvalue weighted by Crippen LogP contribution is -2.61. The lowest BCUT2D eigenvalue weighted by Gasteiger charge is -2.65. The van der Waals surface area contributed by atoms with Gasteiger partial charge in [-0.05, 0) is 79.9 Å². The first-order valence-corrected chi connectivity index (χ1v) is 8.43. The van der Waals surface area contributed by atoms with E-state index in [4.69, 9.17) is 5.73 Å². The molecule has 2 nitrogen and oxygen atoms in total. The number of nitrogen functional groups attached to an aromatic ring is 1. The summed E-state index contributed by atoms with van der Waals surface area (Å²) < 4.78 is 0. The molecule has 4 aliphatic carbocycles. The van der Waals surface area contributed by atoms with E-state index in [9.17, 15) is 0 Å². The third kappa shape index (κ3) is 2.15. The van der Waals surface area contributed by atoms with E-state index >= 15 is 0 Å². The summed E-state index contributed by atoms with van der Waals surface area (Å²) >= 11 is 0. The molecular weight excluding hydrogens is 256 g/mol. The Morgan fingerprint density at radius 3 is 2.29 bits per heavy atom. The summed E-state index contributed by atoms with van der Waals surface area (Å²) in [7, 11) is 0. The van der Waals surface area contributed by atoms with Gasteiger partial charge in [0, 0.05) is 16.9 Å². The van der Waals surface area contributed by atoms with Gasteiger partial charge in [-0.1, -0.05) is 19.9 Å². The topological polar surface area (TPSA) is 38.0 Å². The average Bonchev–Trinajstić information content (AvgIpc) is 2.28. The number of benzene rings is 1. The van der Waals surface area contributed by atoms with Gasteiger partial charge in [0.1, 0.15) is 0 Å². The highest BCUT2D eigenvalue weighted by Gasteiger charge is 2.60. The highest BCUT2D eigenvalue weighted by molar-refractivity contribution is 5.59. The Bertz CT molecular complexity index is 573. The summed E-state index contributed by atoms with van der Waals surface area (Å²) in [4.78, 5) is 0. The van der Waals surface area contributed by atoms with E-state index in [0.717, 1.165) is 11.6 Å². The molecule has 21 heavy (non-hydrogen) atoms. The number of aryl methyl sites for hydroxylation is 1. The molecule has 2 heteroatoms. The Hall–Kier alpha value is -1.18. The van der Waals surface area contributed by atoms with E-state index in [1.165, 1.54) is 49.8 Å². The molecule has 2 unspecified atom stereocenters. The second-order valence-electron chi connectivity index (χ2n) is 9.11. The quantitative estimate of drug-likeness (QED) is 0.770. The molecule has 2 atom stereocenters. The summed E-state index contributed by atoms with van der Waals surface area (Å²) in [5.41, 5.74) is 10.8. The number of anilines is 2. The molecule has 4 aliphatic rings. The van der Waals surface area contributed by atoms with Crippen molar-refractivity contribution in [2.24, 2.45) is 16.7 Å². The molecule has 1 aromatic carbocycles. The van der Waals surface area contributed by atoms with E-state index in [-0.39, 0.29) is 0 Å². The van der Waals surface area contributed by atoms with Crippen LogP contribution in [0.1, 0.15) is 57.9 Å². The minimum atomic E-state index is 0.310. The molecule has 1 aromatic rings. The number of hydrogen-bond donors (Lipinski definition) is 2. The number of hydrogen-bond acceptors (Lipinski definition) is 2. The van der Waals surface area contributed by atoms with Gasteiger partial charge < -0.3 is 11.1 Å². The minimum absolute atomic E-state index is 0.310. The summed E-state index contributed by atoms with van der Waals surface area (Å²) in [5.74, 6) is 0.923. The van der Waals surface area contributed by atoms with Crippen LogP contribution in [0, 0.1) is 23.7 Å². The molecule has 0 spiro atoms. The molecule has 4 saturated carbocycles. The van der Waals surface area contributed by atoms with Crippen LogP contribution in [0.5, 0.6) is 0 Å². The van der Waals surface area contributed by atoms with Gasteiger partial charge in [-0.25, -0.2) is 0 Å². The van der Waals surface area contributed by atoms with Crippen molar-refractivity contribution in [3.8, 4) is 0 Å². The molecule has 0 radical (unpaired) electrons. The van der Waals surface area contributed by atoms with Crippen LogP contribution in [-0.2, 0) is 0 Å². The number of rotatable bonds is 2. The van der Waals surface area contributed by atoms with Gasteiger partial charge in [-0.15, -0.1) is 0 Å². The minimum Gasteiger partial charge on any atom is -0.398 e. The van der Waals surface area contributed by atoms with Crippen molar-refractivity contribution in [1.82, 2.24) is 0 Å². The molecule has 3 N–H and O–H groups in total. The van der Waals surface area contributed by atoms with Crippen LogP contribution < -0.4 is 11.1 Å². The molecule has 114 valence electrons. The SMILES string of the molecule is Cc1ccc(NC23CC4CC(C)(CC(C)(C4)C2)C3)cc1N. The fourth-order valence-corrected chi connectivity index (χ4v) is 6.61. The van der Waals surface area contributed by atoms with Crippen molar-refractivity contribution in [2.45, 2.75) is 64.8 Å².